The molecule has 0 radical (unpaired) electrons. The first-order chi connectivity index (χ1) is 9.85. The zero-order valence-electron chi connectivity index (χ0n) is 12.0. The third-order valence-corrected chi connectivity index (χ3v) is 3.20. The Kier molecular flexibility index (Phi) is 6.26. The number of nitrogens with zero attached hydrogens (tertiary/aromatic N) is 1. The van der Waals surface area contributed by atoms with Gasteiger partial charge in [0.1, 0.15) is 5.82 Å². The highest BCUT2D eigenvalue weighted by molar-refractivity contribution is 5.79. The average Bonchev–Trinajstić information content (AvgIpc) is 2.39. The summed E-state index contributed by atoms with van der Waals surface area (Å²) in [5, 5.41) is 0. The Bertz CT molecular complexity index is 476. The Balaban J connectivity index is 3.15. The number of hydrogen-bond acceptors (Lipinski definition) is 4. The number of amides is 2. The number of benzene rings is 1. The van der Waals surface area contributed by atoms with E-state index in [4.69, 9.17) is 17.2 Å². The van der Waals surface area contributed by atoms with Gasteiger partial charge >= 0.3 is 0 Å². The highest BCUT2D eigenvalue weighted by Gasteiger charge is 2.28. The molecule has 1 aromatic carbocycles. The minimum Gasteiger partial charge on any atom is -0.369 e. The summed E-state index contributed by atoms with van der Waals surface area (Å²) in [7, 11) is 0. The molecule has 0 saturated heterocycles. The van der Waals surface area contributed by atoms with Crippen molar-refractivity contribution in [3.63, 3.8) is 0 Å². The van der Waals surface area contributed by atoms with Crippen molar-refractivity contribution < 1.29 is 14.0 Å². The molecule has 2 unspecified atom stereocenters. The van der Waals surface area contributed by atoms with Crippen LogP contribution in [0.25, 0.3) is 0 Å². The van der Waals surface area contributed by atoms with Crippen LogP contribution in [0.5, 0.6) is 0 Å². The minimum absolute atomic E-state index is 0.154. The van der Waals surface area contributed by atoms with Gasteiger partial charge < -0.3 is 17.2 Å². The Hall–Kier alpha value is -1.99. The van der Waals surface area contributed by atoms with Crippen LogP contribution < -0.4 is 17.2 Å². The Morgan fingerprint density at radius 3 is 2.00 bits per heavy atom. The van der Waals surface area contributed by atoms with Gasteiger partial charge in [0.05, 0.1) is 19.1 Å². The number of nitrogens with two attached hydrogens (primary N) is 3. The first-order valence-corrected chi connectivity index (χ1v) is 6.66. The average molecular weight is 296 g/mol. The third kappa shape index (κ3) is 5.13. The van der Waals surface area contributed by atoms with E-state index in [-0.39, 0.29) is 24.9 Å². The maximum absolute atomic E-state index is 13.1. The molecule has 0 spiro atoms. The molecule has 1 rings (SSSR count). The van der Waals surface area contributed by atoms with Crippen LogP contribution in [0.2, 0.25) is 0 Å². The predicted octanol–water partition coefficient (Wildman–Crippen LogP) is -0.123. The SMILES string of the molecule is CCC(N)C(c1ccc(F)cc1)N(CC(N)=O)CC(N)=O. The highest BCUT2D eigenvalue weighted by Crippen LogP contribution is 2.25. The van der Waals surface area contributed by atoms with Gasteiger partial charge in [-0.15, -0.1) is 0 Å². The molecule has 0 aliphatic rings. The Labute approximate surface area is 123 Å². The molecule has 7 heteroatoms. The van der Waals surface area contributed by atoms with Gasteiger partial charge in [0.25, 0.3) is 0 Å². The lowest BCUT2D eigenvalue weighted by molar-refractivity contribution is -0.123. The van der Waals surface area contributed by atoms with Crippen molar-refractivity contribution in [2.45, 2.75) is 25.4 Å². The van der Waals surface area contributed by atoms with Gasteiger partial charge in [0.2, 0.25) is 11.8 Å². The van der Waals surface area contributed by atoms with Gasteiger partial charge in [-0.25, -0.2) is 4.39 Å². The van der Waals surface area contributed by atoms with Crippen molar-refractivity contribution in [1.29, 1.82) is 0 Å². The first-order valence-electron chi connectivity index (χ1n) is 6.66. The number of hydrogen-bond donors (Lipinski definition) is 3. The molecule has 2 atom stereocenters. The molecule has 0 aliphatic carbocycles. The minimum atomic E-state index is -0.591. The molecule has 21 heavy (non-hydrogen) atoms. The van der Waals surface area contributed by atoms with Gasteiger partial charge in [0, 0.05) is 6.04 Å². The maximum Gasteiger partial charge on any atom is 0.231 e. The largest absolute Gasteiger partial charge is 0.369 e. The predicted molar refractivity (Wildman–Crippen MR) is 77.4 cm³/mol. The molecule has 2 amide bonds. The molecule has 0 fully saturated rings. The quantitative estimate of drug-likeness (QED) is 0.620. The summed E-state index contributed by atoms with van der Waals surface area (Å²) < 4.78 is 13.1. The number of carbonyl (C=O) groups is 2. The van der Waals surface area contributed by atoms with E-state index in [0.29, 0.717) is 12.0 Å². The molecular formula is C14H21FN4O2. The number of carbonyl (C=O) groups excluding carboxylic acids is 2. The maximum atomic E-state index is 13.1. The number of primary amides is 2. The number of halogens is 1. The lowest BCUT2D eigenvalue weighted by Crippen LogP contribution is -2.47. The molecule has 6 nitrogen and oxygen atoms in total. The summed E-state index contributed by atoms with van der Waals surface area (Å²) in [6.07, 6.45) is 0.607. The molecule has 0 bridgehead atoms. The van der Waals surface area contributed by atoms with Gasteiger partial charge in [-0.1, -0.05) is 19.1 Å². The van der Waals surface area contributed by atoms with Crippen LogP contribution in [0.15, 0.2) is 24.3 Å². The van der Waals surface area contributed by atoms with Gasteiger partial charge in [-0.3, -0.25) is 14.5 Å². The summed E-state index contributed by atoms with van der Waals surface area (Å²) in [4.78, 5) is 24.0. The fourth-order valence-corrected chi connectivity index (χ4v) is 2.26. The zero-order chi connectivity index (χ0) is 16.0. The summed E-state index contributed by atoms with van der Waals surface area (Å²) >= 11 is 0. The zero-order valence-corrected chi connectivity index (χ0v) is 12.0. The van der Waals surface area contributed by atoms with Crippen molar-refractivity contribution >= 4 is 11.8 Å². The second-order valence-corrected chi connectivity index (χ2v) is 4.91. The van der Waals surface area contributed by atoms with E-state index in [9.17, 15) is 14.0 Å². The molecule has 116 valence electrons. The Morgan fingerprint density at radius 2 is 1.62 bits per heavy atom. The normalized spacial score (nSPS) is 13.9. The van der Waals surface area contributed by atoms with Crippen LogP contribution in [-0.2, 0) is 9.59 Å². The monoisotopic (exact) mass is 296 g/mol. The number of rotatable bonds is 8. The second kappa shape index (κ2) is 7.70. The summed E-state index contributed by atoms with van der Waals surface area (Å²) in [6.45, 7) is 1.57. The molecule has 6 N–H and O–H groups in total. The fourth-order valence-electron chi connectivity index (χ4n) is 2.26. The Morgan fingerprint density at radius 1 is 1.14 bits per heavy atom. The topological polar surface area (TPSA) is 115 Å². The van der Waals surface area contributed by atoms with E-state index in [1.165, 1.54) is 17.0 Å². The molecular weight excluding hydrogens is 275 g/mol. The van der Waals surface area contributed by atoms with Crippen LogP contribution in [0.3, 0.4) is 0 Å². The summed E-state index contributed by atoms with van der Waals surface area (Å²) in [5.74, 6) is -1.56. The smallest absolute Gasteiger partial charge is 0.231 e. The molecule has 0 heterocycles. The standard InChI is InChI=1S/C14H21FN4O2/c1-2-11(16)14(9-3-5-10(15)6-4-9)19(7-12(17)20)8-13(18)21/h3-6,11,14H,2,7-8,16H2,1H3,(H2,17,20)(H2,18,21). The molecule has 0 aromatic heterocycles. The van der Waals surface area contributed by atoms with Gasteiger partial charge in [-0.2, -0.15) is 0 Å². The van der Waals surface area contributed by atoms with E-state index >= 15 is 0 Å². The molecule has 1 aromatic rings. The van der Waals surface area contributed by atoms with E-state index < -0.39 is 17.9 Å². The third-order valence-electron chi connectivity index (χ3n) is 3.20. The van der Waals surface area contributed by atoms with Crippen molar-refractivity contribution in [2.75, 3.05) is 13.1 Å². The van der Waals surface area contributed by atoms with E-state index in [1.807, 2.05) is 6.92 Å². The van der Waals surface area contributed by atoms with Crippen LogP contribution in [0, 0.1) is 5.82 Å². The van der Waals surface area contributed by atoms with Crippen LogP contribution in [-0.4, -0.2) is 35.8 Å². The fraction of sp³-hybridized carbons (Fsp3) is 0.429. The van der Waals surface area contributed by atoms with E-state index in [0.717, 1.165) is 0 Å². The van der Waals surface area contributed by atoms with Crippen LogP contribution >= 0.6 is 0 Å². The van der Waals surface area contributed by atoms with Crippen molar-refractivity contribution in [3.8, 4) is 0 Å². The van der Waals surface area contributed by atoms with Crippen molar-refractivity contribution in [3.05, 3.63) is 35.6 Å². The second-order valence-electron chi connectivity index (χ2n) is 4.91. The summed E-state index contributed by atoms with van der Waals surface area (Å²) in [5.41, 5.74) is 17.2. The van der Waals surface area contributed by atoms with Gasteiger partial charge in [0.15, 0.2) is 0 Å². The summed E-state index contributed by atoms with van der Waals surface area (Å²) in [6, 6.07) is 4.95. The lowest BCUT2D eigenvalue weighted by atomic mass is 9.96. The van der Waals surface area contributed by atoms with Crippen molar-refractivity contribution in [1.82, 2.24) is 4.90 Å². The van der Waals surface area contributed by atoms with Crippen LogP contribution in [0.4, 0.5) is 4.39 Å². The van der Waals surface area contributed by atoms with Crippen molar-refractivity contribution in [2.24, 2.45) is 17.2 Å². The van der Waals surface area contributed by atoms with E-state index in [1.54, 1.807) is 12.1 Å². The lowest BCUT2D eigenvalue weighted by Gasteiger charge is -2.34. The molecule has 0 saturated carbocycles. The first kappa shape index (κ1) is 17.1. The molecule has 0 aliphatic heterocycles. The van der Waals surface area contributed by atoms with Gasteiger partial charge in [-0.05, 0) is 24.1 Å². The highest BCUT2D eigenvalue weighted by atomic mass is 19.1. The van der Waals surface area contributed by atoms with Crippen LogP contribution in [0.1, 0.15) is 24.9 Å². The van der Waals surface area contributed by atoms with E-state index in [2.05, 4.69) is 0 Å².